The molecule has 126 valence electrons. The molecule has 0 aliphatic carbocycles. The van der Waals surface area contributed by atoms with Gasteiger partial charge in [0.2, 0.25) is 0 Å². The van der Waals surface area contributed by atoms with Gasteiger partial charge in [0.15, 0.2) is 0 Å². The van der Waals surface area contributed by atoms with Gasteiger partial charge in [-0.15, -0.1) is 0 Å². The molecule has 0 N–H and O–H groups in total. The molecule has 0 spiro atoms. The minimum Gasteiger partial charge on any atom is -0.369 e. The van der Waals surface area contributed by atoms with Crippen LogP contribution in [0.4, 0.5) is 18.9 Å². The van der Waals surface area contributed by atoms with Gasteiger partial charge in [-0.1, -0.05) is 13.8 Å². The smallest absolute Gasteiger partial charge is 0.369 e. The number of nitrogens with zero attached hydrogens (tertiary/aromatic N) is 2. The van der Waals surface area contributed by atoms with Crippen LogP contribution >= 0.6 is 0 Å². The minimum atomic E-state index is -4.53. The Hall–Kier alpha value is -1.55. The highest BCUT2D eigenvalue weighted by Gasteiger charge is 2.42. The second-order valence-electron chi connectivity index (χ2n) is 5.70. The van der Waals surface area contributed by atoms with Crippen molar-refractivity contribution in [3.05, 3.63) is 29.3 Å². The van der Waals surface area contributed by atoms with Crippen molar-refractivity contribution < 1.29 is 17.4 Å². The van der Waals surface area contributed by atoms with Crippen LogP contribution < -0.4 is 4.90 Å². The molecular weight excluding hydrogens is 325 g/mol. The summed E-state index contributed by atoms with van der Waals surface area (Å²) in [6, 6.07) is 5.39. The molecule has 1 fully saturated rings. The Balaban J connectivity index is 2.46. The maximum atomic E-state index is 13.4. The van der Waals surface area contributed by atoms with Crippen molar-refractivity contribution in [2.45, 2.75) is 37.6 Å². The van der Waals surface area contributed by atoms with Crippen molar-refractivity contribution in [2.24, 2.45) is 0 Å². The van der Waals surface area contributed by atoms with Gasteiger partial charge in [-0.05, 0) is 31.0 Å². The van der Waals surface area contributed by atoms with Crippen molar-refractivity contribution >= 4 is 16.5 Å². The van der Waals surface area contributed by atoms with E-state index in [-0.39, 0.29) is 11.3 Å². The van der Waals surface area contributed by atoms with Gasteiger partial charge in [0.25, 0.3) is 0 Å². The van der Waals surface area contributed by atoms with E-state index in [2.05, 4.69) is 0 Å². The molecule has 1 heterocycles. The largest absolute Gasteiger partial charge is 0.418 e. The number of hydrogen-bond acceptors (Lipinski definition) is 3. The van der Waals surface area contributed by atoms with Crippen LogP contribution in [0.15, 0.2) is 18.2 Å². The molecule has 1 saturated heterocycles. The van der Waals surface area contributed by atoms with E-state index >= 15 is 0 Å². The fourth-order valence-electron chi connectivity index (χ4n) is 3.02. The van der Waals surface area contributed by atoms with E-state index in [1.165, 1.54) is 12.1 Å². The van der Waals surface area contributed by atoms with Gasteiger partial charge in [-0.3, -0.25) is 4.21 Å². The maximum Gasteiger partial charge on any atom is 0.418 e. The van der Waals surface area contributed by atoms with Crippen LogP contribution in [0.3, 0.4) is 0 Å². The Labute approximate surface area is 136 Å². The van der Waals surface area contributed by atoms with Gasteiger partial charge in [0.1, 0.15) is 0 Å². The second kappa shape index (κ2) is 6.52. The summed E-state index contributed by atoms with van der Waals surface area (Å²) >= 11 is 0. The van der Waals surface area contributed by atoms with Crippen molar-refractivity contribution in [3.8, 4) is 6.07 Å². The fraction of sp³-hybridized carbons (Fsp3) is 0.562. The first-order chi connectivity index (χ1) is 10.8. The number of nitriles is 1. The Morgan fingerprint density at radius 2 is 2.00 bits per heavy atom. The first kappa shape index (κ1) is 17.8. The lowest BCUT2D eigenvalue weighted by Gasteiger charge is -2.42. The van der Waals surface area contributed by atoms with Gasteiger partial charge in [0, 0.05) is 35.3 Å². The lowest BCUT2D eigenvalue weighted by molar-refractivity contribution is -0.137. The van der Waals surface area contributed by atoms with Gasteiger partial charge < -0.3 is 4.90 Å². The van der Waals surface area contributed by atoms with E-state index in [1.807, 2.05) is 13.8 Å². The molecule has 1 unspecified atom stereocenters. The highest BCUT2D eigenvalue weighted by molar-refractivity contribution is 7.86. The Kier molecular flexibility index (Phi) is 5.04. The molecule has 0 bridgehead atoms. The molecule has 0 amide bonds. The van der Waals surface area contributed by atoms with E-state index in [0.29, 0.717) is 31.7 Å². The van der Waals surface area contributed by atoms with Crippen molar-refractivity contribution in [2.75, 3.05) is 23.7 Å². The van der Waals surface area contributed by atoms with Gasteiger partial charge >= 0.3 is 6.18 Å². The fourth-order valence-corrected chi connectivity index (χ4v) is 4.78. The summed E-state index contributed by atoms with van der Waals surface area (Å²) in [7, 11) is -1.04. The molecule has 1 aliphatic rings. The van der Waals surface area contributed by atoms with E-state index in [0.717, 1.165) is 6.07 Å². The number of hydrogen-bond donors (Lipinski definition) is 0. The summed E-state index contributed by atoms with van der Waals surface area (Å²) in [5, 5.41) is 8.85. The zero-order valence-corrected chi connectivity index (χ0v) is 13.9. The minimum absolute atomic E-state index is 0.0149. The molecule has 1 aliphatic heterocycles. The van der Waals surface area contributed by atoms with E-state index in [1.54, 1.807) is 11.0 Å². The summed E-state index contributed by atoms with van der Waals surface area (Å²) in [6.45, 7) is 4.51. The summed E-state index contributed by atoms with van der Waals surface area (Å²) in [6.07, 6.45) is -3.21. The highest BCUT2D eigenvalue weighted by Crippen LogP contribution is 2.39. The molecule has 0 saturated carbocycles. The molecule has 3 nitrogen and oxygen atoms in total. The van der Waals surface area contributed by atoms with Crippen molar-refractivity contribution in [1.82, 2.24) is 0 Å². The molecule has 1 atom stereocenters. The van der Waals surface area contributed by atoms with E-state index < -0.39 is 27.3 Å². The van der Waals surface area contributed by atoms with Crippen molar-refractivity contribution in [1.29, 1.82) is 5.26 Å². The summed E-state index contributed by atoms with van der Waals surface area (Å²) in [5.74, 6) is 0.360. The van der Waals surface area contributed by atoms with Gasteiger partial charge in [-0.25, -0.2) is 0 Å². The predicted molar refractivity (Wildman–Crippen MR) is 84.7 cm³/mol. The van der Waals surface area contributed by atoms with Gasteiger partial charge in [-0.2, -0.15) is 18.4 Å². The van der Waals surface area contributed by atoms with Crippen LogP contribution in [0.2, 0.25) is 0 Å². The third-order valence-electron chi connectivity index (χ3n) is 4.57. The van der Waals surface area contributed by atoms with E-state index in [4.69, 9.17) is 5.26 Å². The third-order valence-corrected chi connectivity index (χ3v) is 6.79. The van der Waals surface area contributed by atoms with Crippen LogP contribution in [0, 0.1) is 11.3 Å². The normalized spacial score (nSPS) is 21.0. The zero-order valence-electron chi connectivity index (χ0n) is 13.1. The predicted octanol–water partition coefficient (Wildman–Crippen LogP) is 3.70. The van der Waals surface area contributed by atoms with Crippen LogP contribution in [0.1, 0.15) is 37.8 Å². The maximum absolute atomic E-state index is 13.4. The number of alkyl halides is 3. The van der Waals surface area contributed by atoms with E-state index in [9.17, 15) is 17.4 Å². The molecule has 23 heavy (non-hydrogen) atoms. The lowest BCUT2D eigenvalue weighted by atomic mass is 9.99. The highest BCUT2D eigenvalue weighted by atomic mass is 32.2. The Morgan fingerprint density at radius 1 is 1.35 bits per heavy atom. The first-order valence-electron chi connectivity index (χ1n) is 7.52. The average molecular weight is 344 g/mol. The van der Waals surface area contributed by atoms with Crippen LogP contribution in [0.5, 0.6) is 0 Å². The molecule has 7 heteroatoms. The van der Waals surface area contributed by atoms with Crippen LogP contribution in [-0.2, 0) is 17.0 Å². The van der Waals surface area contributed by atoms with Crippen molar-refractivity contribution in [3.63, 3.8) is 0 Å². The Bertz CT molecular complexity index is 648. The lowest BCUT2D eigenvalue weighted by Crippen LogP contribution is -2.53. The molecule has 1 aromatic rings. The standard InChI is InChI=1S/C16H19F3N2OS/c1-3-15(4-2)11-21(7-8-23(15)22)14-6-5-12(10-20)9-13(14)16(17,18)19/h5-6,9H,3-4,7-8,11H2,1-2H3. The molecule has 0 aromatic heterocycles. The number of anilines is 1. The third kappa shape index (κ3) is 3.37. The quantitative estimate of drug-likeness (QED) is 0.840. The number of halogens is 3. The van der Waals surface area contributed by atoms with Crippen LogP contribution in [0.25, 0.3) is 0 Å². The van der Waals surface area contributed by atoms with Gasteiger partial charge in [0.05, 0.1) is 21.9 Å². The SMILES string of the molecule is CCC1(CC)CN(c2ccc(C#N)cc2C(F)(F)F)CCS1=O. The summed E-state index contributed by atoms with van der Waals surface area (Å²) in [5.41, 5.74) is -0.747. The molecular formula is C16H19F3N2OS. The number of rotatable bonds is 3. The second-order valence-corrected chi connectivity index (χ2v) is 7.67. The summed E-state index contributed by atoms with van der Waals surface area (Å²) < 4.78 is 51.9. The van der Waals surface area contributed by atoms with Crippen LogP contribution in [-0.4, -0.2) is 27.8 Å². The molecule has 2 rings (SSSR count). The molecule has 1 aromatic carbocycles. The number of benzene rings is 1. The Morgan fingerprint density at radius 3 is 2.52 bits per heavy atom. The average Bonchev–Trinajstić information content (AvgIpc) is 2.54. The summed E-state index contributed by atoms with van der Waals surface area (Å²) in [4.78, 5) is 1.67. The molecule has 0 radical (unpaired) electrons. The topological polar surface area (TPSA) is 44.1 Å². The first-order valence-corrected chi connectivity index (χ1v) is 8.84. The zero-order chi connectivity index (χ0) is 17.3. The monoisotopic (exact) mass is 344 g/mol.